The summed E-state index contributed by atoms with van der Waals surface area (Å²) >= 11 is 5.68. The van der Waals surface area contributed by atoms with E-state index in [0.717, 1.165) is 12.1 Å². The molecule has 126 valence electrons. The quantitative estimate of drug-likeness (QED) is 0.776. The van der Waals surface area contributed by atoms with Gasteiger partial charge in [0.25, 0.3) is 0 Å². The van der Waals surface area contributed by atoms with E-state index in [4.69, 9.17) is 17.3 Å². The standard InChI is InChI=1S/C16H14ClF2N3O2/c17-14-2-1-9(8-21-14)5-13(16(20)24)22-15(23)6-10-3-11(18)7-12(19)4-10/h1-4,7-8,13H,5-6H2,(H2,20,24)(H,22,23)/t13-/m1/s1. The molecule has 1 heterocycles. The zero-order chi connectivity index (χ0) is 17.7. The highest BCUT2D eigenvalue weighted by Crippen LogP contribution is 2.10. The highest BCUT2D eigenvalue weighted by molar-refractivity contribution is 6.29. The normalized spacial score (nSPS) is 11.8. The van der Waals surface area contributed by atoms with Crippen LogP contribution in [0.15, 0.2) is 36.5 Å². The van der Waals surface area contributed by atoms with Crippen LogP contribution in [0.3, 0.4) is 0 Å². The third-order valence-corrected chi connectivity index (χ3v) is 3.42. The summed E-state index contributed by atoms with van der Waals surface area (Å²) in [6.07, 6.45) is 1.31. The van der Waals surface area contributed by atoms with E-state index in [0.29, 0.717) is 16.8 Å². The number of nitrogens with two attached hydrogens (primary N) is 1. The fourth-order valence-electron chi connectivity index (χ4n) is 2.13. The number of primary amides is 1. The molecule has 2 amide bonds. The number of amides is 2. The molecule has 2 rings (SSSR count). The van der Waals surface area contributed by atoms with Crippen molar-refractivity contribution in [2.45, 2.75) is 18.9 Å². The van der Waals surface area contributed by atoms with Gasteiger partial charge in [0.2, 0.25) is 11.8 Å². The summed E-state index contributed by atoms with van der Waals surface area (Å²) in [5.41, 5.74) is 6.09. The van der Waals surface area contributed by atoms with Crippen LogP contribution in [0.4, 0.5) is 8.78 Å². The number of pyridine rings is 1. The number of hydrogen-bond acceptors (Lipinski definition) is 3. The number of halogens is 3. The van der Waals surface area contributed by atoms with E-state index in [2.05, 4.69) is 10.3 Å². The third kappa shape index (κ3) is 5.27. The number of hydrogen-bond donors (Lipinski definition) is 2. The van der Waals surface area contributed by atoms with Gasteiger partial charge in [-0.25, -0.2) is 13.8 Å². The van der Waals surface area contributed by atoms with Crippen molar-refractivity contribution in [1.29, 1.82) is 0 Å². The number of nitrogens with one attached hydrogen (secondary N) is 1. The number of rotatable bonds is 6. The van der Waals surface area contributed by atoms with E-state index in [1.807, 2.05) is 0 Å². The van der Waals surface area contributed by atoms with E-state index in [-0.39, 0.29) is 18.4 Å². The van der Waals surface area contributed by atoms with Gasteiger partial charge in [-0.15, -0.1) is 0 Å². The van der Waals surface area contributed by atoms with Crippen LogP contribution in [0.5, 0.6) is 0 Å². The first kappa shape index (κ1) is 17.8. The molecule has 1 aromatic heterocycles. The average molecular weight is 354 g/mol. The van der Waals surface area contributed by atoms with Crippen LogP contribution in [-0.4, -0.2) is 22.8 Å². The van der Waals surface area contributed by atoms with Crippen LogP contribution in [-0.2, 0) is 22.4 Å². The number of nitrogens with zero attached hydrogens (tertiary/aromatic N) is 1. The molecular formula is C16H14ClF2N3O2. The Hall–Kier alpha value is -2.54. The number of benzene rings is 1. The SMILES string of the molecule is NC(=O)[C@@H](Cc1ccc(Cl)nc1)NC(=O)Cc1cc(F)cc(F)c1. The molecule has 0 spiro atoms. The first-order chi connectivity index (χ1) is 11.3. The maximum Gasteiger partial charge on any atom is 0.240 e. The fraction of sp³-hybridized carbons (Fsp3) is 0.188. The lowest BCUT2D eigenvalue weighted by molar-refractivity contribution is -0.127. The molecule has 1 aromatic carbocycles. The largest absolute Gasteiger partial charge is 0.368 e. The number of aromatic nitrogens is 1. The molecule has 5 nitrogen and oxygen atoms in total. The summed E-state index contributed by atoms with van der Waals surface area (Å²) in [5, 5.41) is 2.75. The maximum absolute atomic E-state index is 13.1. The van der Waals surface area contributed by atoms with Crippen LogP contribution in [0.1, 0.15) is 11.1 Å². The molecule has 0 fully saturated rings. The molecule has 8 heteroatoms. The van der Waals surface area contributed by atoms with Crippen molar-refractivity contribution in [3.05, 3.63) is 64.4 Å². The van der Waals surface area contributed by atoms with Gasteiger partial charge in [-0.05, 0) is 29.3 Å². The van der Waals surface area contributed by atoms with E-state index >= 15 is 0 Å². The first-order valence-electron chi connectivity index (χ1n) is 6.97. The monoisotopic (exact) mass is 353 g/mol. The van der Waals surface area contributed by atoms with Crippen molar-refractivity contribution in [3.63, 3.8) is 0 Å². The molecule has 0 radical (unpaired) electrons. The van der Waals surface area contributed by atoms with Crippen molar-refractivity contribution in [2.24, 2.45) is 5.73 Å². The minimum atomic E-state index is -0.973. The number of carbonyl (C=O) groups is 2. The lowest BCUT2D eigenvalue weighted by Gasteiger charge is -2.15. The molecular weight excluding hydrogens is 340 g/mol. The van der Waals surface area contributed by atoms with Gasteiger partial charge in [-0.1, -0.05) is 17.7 Å². The Labute approximate surface area is 141 Å². The van der Waals surface area contributed by atoms with Crippen molar-refractivity contribution >= 4 is 23.4 Å². The molecule has 0 saturated heterocycles. The van der Waals surface area contributed by atoms with Crippen LogP contribution in [0.25, 0.3) is 0 Å². The molecule has 0 saturated carbocycles. The van der Waals surface area contributed by atoms with Gasteiger partial charge in [0.1, 0.15) is 22.8 Å². The zero-order valence-electron chi connectivity index (χ0n) is 12.4. The third-order valence-electron chi connectivity index (χ3n) is 3.19. The van der Waals surface area contributed by atoms with E-state index in [1.165, 1.54) is 6.20 Å². The first-order valence-corrected chi connectivity index (χ1v) is 7.35. The predicted molar refractivity (Wildman–Crippen MR) is 84.1 cm³/mol. The second-order valence-corrected chi connectivity index (χ2v) is 5.56. The summed E-state index contributed by atoms with van der Waals surface area (Å²) in [4.78, 5) is 27.4. The Balaban J connectivity index is 2.02. The molecule has 0 aliphatic heterocycles. The minimum Gasteiger partial charge on any atom is -0.368 e. The smallest absolute Gasteiger partial charge is 0.240 e. The lowest BCUT2D eigenvalue weighted by Crippen LogP contribution is -2.46. The molecule has 0 aliphatic carbocycles. The minimum absolute atomic E-state index is 0.128. The fourth-order valence-corrected chi connectivity index (χ4v) is 2.24. The lowest BCUT2D eigenvalue weighted by atomic mass is 10.1. The second-order valence-electron chi connectivity index (χ2n) is 5.17. The Kier molecular flexibility index (Phi) is 5.81. The summed E-state index contributed by atoms with van der Waals surface area (Å²) < 4.78 is 26.3. The van der Waals surface area contributed by atoms with Crippen LogP contribution < -0.4 is 11.1 Å². The number of carbonyl (C=O) groups excluding carboxylic acids is 2. The van der Waals surface area contributed by atoms with Gasteiger partial charge in [0.05, 0.1) is 6.42 Å². The summed E-state index contributed by atoms with van der Waals surface area (Å²) in [7, 11) is 0. The molecule has 24 heavy (non-hydrogen) atoms. The molecule has 1 atom stereocenters. The van der Waals surface area contributed by atoms with Crippen LogP contribution >= 0.6 is 11.6 Å². The van der Waals surface area contributed by atoms with Crippen molar-refractivity contribution < 1.29 is 18.4 Å². The van der Waals surface area contributed by atoms with Crippen LogP contribution in [0, 0.1) is 11.6 Å². The highest BCUT2D eigenvalue weighted by Gasteiger charge is 2.19. The molecule has 0 aliphatic rings. The Bertz CT molecular complexity index is 733. The maximum atomic E-state index is 13.1. The highest BCUT2D eigenvalue weighted by atomic mass is 35.5. The molecule has 3 N–H and O–H groups in total. The van der Waals surface area contributed by atoms with Crippen LogP contribution in [0.2, 0.25) is 5.15 Å². The molecule has 0 bridgehead atoms. The van der Waals surface area contributed by atoms with Gasteiger partial charge in [0, 0.05) is 18.7 Å². The summed E-state index contributed by atoms with van der Waals surface area (Å²) in [6.45, 7) is 0. The van der Waals surface area contributed by atoms with Gasteiger partial charge in [-0.2, -0.15) is 0 Å². The summed E-state index contributed by atoms with van der Waals surface area (Å²) in [5.74, 6) is -2.87. The topological polar surface area (TPSA) is 85.1 Å². The molecule has 0 unspecified atom stereocenters. The average Bonchev–Trinajstić information content (AvgIpc) is 2.47. The van der Waals surface area contributed by atoms with E-state index in [9.17, 15) is 18.4 Å². The van der Waals surface area contributed by atoms with Gasteiger partial charge < -0.3 is 11.1 Å². The van der Waals surface area contributed by atoms with Crippen molar-refractivity contribution in [1.82, 2.24) is 10.3 Å². The van der Waals surface area contributed by atoms with E-state index in [1.54, 1.807) is 12.1 Å². The molecule has 2 aromatic rings. The Morgan fingerprint density at radius 3 is 2.38 bits per heavy atom. The zero-order valence-corrected chi connectivity index (χ0v) is 13.2. The van der Waals surface area contributed by atoms with E-state index < -0.39 is 29.5 Å². The van der Waals surface area contributed by atoms with Gasteiger partial charge >= 0.3 is 0 Å². The Morgan fingerprint density at radius 2 is 1.83 bits per heavy atom. The van der Waals surface area contributed by atoms with Crippen molar-refractivity contribution in [3.8, 4) is 0 Å². The second kappa shape index (κ2) is 7.83. The summed E-state index contributed by atoms with van der Waals surface area (Å²) in [6, 6.07) is 5.03. The van der Waals surface area contributed by atoms with Crippen molar-refractivity contribution in [2.75, 3.05) is 0 Å². The van der Waals surface area contributed by atoms with Gasteiger partial charge in [-0.3, -0.25) is 9.59 Å². The Morgan fingerprint density at radius 1 is 1.17 bits per heavy atom. The predicted octanol–water partition coefficient (Wildman–Crippen LogP) is 1.77. The van der Waals surface area contributed by atoms with Gasteiger partial charge in [0.15, 0.2) is 0 Å².